The first-order valence-corrected chi connectivity index (χ1v) is 38.0. The van der Waals surface area contributed by atoms with Crippen molar-refractivity contribution in [1.29, 1.82) is 0 Å². The Kier molecular flexibility index (Phi) is 66.1. The van der Waals surface area contributed by atoms with E-state index in [2.05, 4.69) is 160 Å². The number of ether oxygens (including phenoxy) is 2. The van der Waals surface area contributed by atoms with Crippen LogP contribution in [-0.4, -0.2) is 70.0 Å². The molecule has 0 saturated heterocycles. The van der Waals surface area contributed by atoms with Gasteiger partial charge in [-0.15, -0.1) is 0 Å². The number of rotatable bonds is 66. The largest absolute Gasteiger partial charge is 0.756 e. The maximum absolute atomic E-state index is 12.9. The molecule has 0 amide bonds. The van der Waals surface area contributed by atoms with E-state index >= 15 is 0 Å². The topological polar surface area (TPSA) is 111 Å². The van der Waals surface area contributed by atoms with Crippen molar-refractivity contribution in [3.05, 3.63) is 146 Å². The SMILES string of the molecule is CC/C=C\C/C=C\C/C=C\C/C=C\C/C=C\C/C=C\C/C=C\C/C=C\C/C=C\C/C=C\C/C=C\CCCCCCCC(=O)OC(COC(=O)CCCCCCCCCCCCCCCCC/C=C\CCCCCCCCCC)COP(=O)([O-])OCC[N+](C)(C)C. The molecular weight excluding hydrogens is 1130 g/mol. The van der Waals surface area contributed by atoms with Crippen LogP contribution in [0.2, 0.25) is 0 Å². The van der Waals surface area contributed by atoms with E-state index in [-0.39, 0.29) is 32.0 Å². The number of carbonyl (C=O) groups is 2. The first-order valence-electron chi connectivity index (χ1n) is 36.5. The molecule has 0 bridgehead atoms. The Balaban J connectivity index is 4.14. The predicted octanol–water partition coefficient (Wildman–Crippen LogP) is 23.5. The van der Waals surface area contributed by atoms with Crippen LogP contribution in [0.15, 0.2) is 146 Å². The summed E-state index contributed by atoms with van der Waals surface area (Å²) in [5.74, 6) is -0.856. The van der Waals surface area contributed by atoms with Crippen molar-refractivity contribution in [3.8, 4) is 0 Å². The number of nitrogens with zero attached hydrogens (tertiary/aromatic N) is 1. The molecule has 0 fully saturated rings. The van der Waals surface area contributed by atoms with E-state index in [0.717, 1.165) is 122 Å². The van der Waals surface area contributed by atoms with E-state index in [9.17, 15) is 19.0 Å². The average molecular weight is 1270 g/mol. The summed E-state index contributed by atoms with van der Waals surface area (Å²) in [6, 6.07) is 0. The van der Waals surface area contributed by atoms with Crippen molar-refractivity contribution in [3.63, 3.8) is 0 Å². The van der Waals surface area contributed by atoms with Gasteiger partial charge in [-0.25, -0.2) is 0 Å². The third-order valence-corrected chi connectivity index (χ3v) is 16.3. The van der Waals surface area contributed by atoms with Gasteiger partial charge in [0.1, 0.15) is 19.8 Å². The maximum atomic E-state index is 12.9. The number of allylic oxidation sites excluding steroid dienone is 24. The van der Waals surface area contributed by atoms with Gasteiger partial charge in [-0.3, -0.25) is 14.2 Å². The Hall–Kier alpha value is -4.11. The lowest BCUT2D eigenvalue weighted by Gasteiger charge is -2.28. The number of hydrogen-bond donors (Lipinski definition) is 0. The number of phosphoric ester groups is 1. The third kappa shape index (κ3) is 72.9. The molecule has 2 atom stereocenters. The van der Waals surface area contributed by atoms with Crippen LogP contribution in [0.3, 0.4) is 0 Å². The fourth-order valence-corrected chi connectivity index (χ4v) is 10.5. The lowest BCUT2D eigenvalue weighted by molar-refractivity contribution is -0.870. The highest BCUT2D eigenvalue weighted by molar-refractivity contribution is 7.45. The van der Waals surface area contributed by atoms with E-state index in [1.54, 1.807) is 0 Å². The van der Waals surface area contributed by atoms with Crippen LogP contribution >= 0.6 is 7.82 Å². The summed E-state index contributed by atoms with van der Waals surface area (Å²) in [4.78, 5) is 38.1. The molecular formula is C80H136NO8P. The van der Waals surface area contributed by atoms with Gasteiger partial charge >= 0.3 is 11.9 Å². The fraction of sp³-hybridized carbons (Fsp3) is 0.675. The van der Waals surface area contributed by atoms with Crippen LogP contribution in [0, 0.1) is 0 Å². The van der Waals surface area contributed by atoms with Gasteiger partial charge in [0.05, 0.1) is 27.7 Å². The van der Waals surface area contributed by atoms with Crippen molar-refractivity contribution in [1.82, 2.24) is 0 Å². The minimum atomic E-state index is -4.66. The van der Waals surface area contributed by atoms with E-state index in [4.69, 9.17) is 18.5 Å². The lowest BCUT2D eigenvalue weighted by atomic mass is 10.0. The molecule has 0 spiro atoms. The summed E-state index contributed by atoms with van der Waals surface area (Å²) in [5, 5.41) is 0. The first kappa shape index (κ1) is 85.9. The number of carbonyl (C=O) groups excluding carboxylic acids is 2. The van der Waals surface area contributed by atoms with Gasteiger partial charge in [0.15, 0.2) is 6.10 Å². The standard InChI is InChI=1S/C80H136NO8P/c1-6-8-10-12-14-16-18-20-22-24-26-28-30-32-34-35-36-37-38-39-40-41-42-43-44-45-47-49-51-53-55-57-59-61-63-65-67-69-71-73-80(83)89-78(77-88-90(84,85)87-75-74-81(3,4)5)76-86-79(82)72-70-68-66-64-62-60-58-56-54-52-50-48-46-33-31-29-27-25-23-21-19-17-15-13-11-9-7-2/h8,10,14,16,20,22,25-28,32,34,36-37,39-40,42-43,45,47,51,53,57,59,78H,6-7,9,11-13,15,17-19,21,23-24,29-31,33,35,38,41,44,46,48-50,52,54-56,58,60-77H2,1-5H3/b10-8-,16-14-,22-20-,27-25-,28-26-,34-32-,37-36-,40-39-,43-42-,47-45-,53-51-,59-57-. The molecule has 0 aromatic heterocycles. The molecule has 10 heteroatoms. The van der Waals surface area contributed by atoms with Gasteiger partial charge in [0.25, 0.3) is 7.82 Å². The molecule has 0 aliphatic carbocycles. The molecule has 0 aromatic carbocycles. The van der Waals surface area contributed by atoms with E-state index in [0.29, 0.717) is 17.4 Å². The zero-order chi connectivity index (χ0) is 65.5. The first-order chi connectivity index (χ1) is 44.0. The molecule has 90 heavy (non-hydrogen) atoms. The summed E-state index contributed by atoms with van der Waals surface area (Å²) in [5.41, 5.74) is 0. The summed E-state index contributed by atoms with van der Waals surface area (Å²) < 4.78 is 34.3. The summed E-state index contributed by atoms with van der Waals surface area (Å²) in [6.07, 6.45) is 102. The quantitative estimate of drug-likeness (QED) is 0.0195. The molecule has 0 heterocycles. The normalized spacial score (nSPS) is 14.0. The number of esters is 2. The number of likely N-dealkylation sites (N-methyl/N-ethyl adjacent to an activating group) is 1. The molecule has 514 valence electrons. The molecule has 0 rings (SSSR count). The van der Waals surface area contributed by atoms with E-state index in [1.807, 2.05) is 21.1 Å². The average Bonchev–Trinajstić information content (AvgIpc) is 3.58. The van der Waals surface area contributed by atoms with Gasteiger partial charge in [-0.1, -0.05) is 307 Å². The Morgan fingerprint density at radius 3 is 0.956 bits per heavy atom. The van der Waals surface area contributed by atoms with Crippen LogP contribution in [0.5, 0.6) is 0 Å². The van der Waals surface area contributed by atoms with Crippen LogP contribution in [-0.2, 0) is 32.7 Å². The zero-order valence-corrected chi connectivity index (χ0v) is 59.4. The Labute approximate surface area is 554 Å². The second-order valence-corrected chi connectivity index (χ2v) is 26.6. The lowest BCUT2D eigenvalue weighted by Crippen LogP contribution is -2.37. The number of quaternary nitrogens is 1. The zero-order valence-electron chi connectivity index (χ0n) is 58.5. The van der Waals surface area contributed by atoms with Gasteiger partial charge in [-0.2, -0.15) is 0 Å². The van der Waals surface area contributed by atoms with E-state index in [1.165, 1.54) is 141 Å². The molecule has 9 nitrogen and oxygen atoms in total. The van der Waals surface area contributed by atoms with Crippen LogP contribution < -0.4 is 4.89 Å². The fourth-order valence-electron chi connectivity index (χ4n) is 9.78. The summed E-state index contributed by atoms with van der Waals surface area (Å²) in [7, 11) is 1.14. The van der Waals surface area contributed by atoms with Crippen molar-refractivity contribution in [2.24, 2.45) is 0 Å². The second kappa shape index (κ2) is 69.2. The van der Waals surface area contributed by atoms with Gasteiger partial charge < -0.3 is 27.9 Å². The van der Waals surface area contributed by atoms with E-state index < -0.39 is 26.5 Å². The molecule has 0 aromatic rings. The second-order valence-electron chi connectivity index (χ2n) is 25.2. The van der Waals surface area contributed by atoms with Crippen LogP contribution in [0.25, 0.3) is 0 Å². The number of phosphoric acid groups is 1. The molecule has 0 radical (unpaired) electrons. The molecule has 0 aliphatic heterocycles. The highest BCUT2D eigenvalue weighted by Gasteiger charge is 2.22. The predicted molar refractivity (Wildman–Crippen MR) is 387 cm³/mol. The monoisotopic (exact) mass is 1270 g/mol. The van der Waals surface area contributed by atoms with Gasteiger partial charge in [-0.05, 0) is 122 Å². The molecule has 0 saturated carbocycles. The molecule has 2 unspecified atom stereocenters. The highest BCUT2D eigenvalue weighted by Crippen LogP contribution is 2.38. The number of unbranched alkanes of at least 4 members (excludes halogenated alkanes) is 28. The van der Waals surface area contributed by atoms with Crippen molar-refractivity contribution >= 4 is 19.8 Å². The van der Waals surface area contributed by atoms with Crippen LogP contribution in [0.4, 0.5) is 0 Å². The van der Waals surface area contributed by atoms with Crippen molar-refractivity contribution in [2.75, 3.05) is 47.5 Å². The molecule has 0 N–H and O–H groups in total. The summed E-state index contributed by atoms with van der Waals surface area (Å²) in [6.45, 7) is 4.12. The summed E-state index contributed by atoms with van der Waals surface area (Å²) >= 11 is 0. The Morgan fingerprint density at radius 1 is 0.356 bits per heavy atom. The van der Waals surface area contributed by atoms with Gasteiger partial charge in [0, 0.05) is 12.8 Å². The minimum Gasteiger partial charge on any atom is -0.756 e. The Morgan fingerprint density at radius 2 is 0.633 bits per heavy atom. The Bertz CT molecular complexity index is 2030. The smallest absolute Gasteiger partial charge is 0.306 e. The minimum absolute atomic E-state index is 0.0412. The molecule has 0 aliphatic rings. The van der Waals surface area contributed by atoms with Gasteiger partial charge in [0.2, 0.25) is 0 Å². The van der Waals surface area contributed by atoms with Crippen molar-refractivity contribution < 1.29 is 42.1 Å². The number of hydrogen-bond acceptors (Lipinski definition) is 8. The van der Waals surface area contributed by atoms with Crippen molar-refractivity contribution in [2.45, 2.75) is 302 Å². The van der Waals surface area contributed by atoms with Crippen LogP contribution in [0.1, 0.15) is 296 Å². The highest BCUT2D eigenvalue weighted by atomic mass is 31.2. The third-order valence-electron chi connectivity index (χ3n) is 15.3. The maximum Gasteiger partial charge on any atom is 0.306 e.